The van der Waals surface area contributed by atoms with Crippen molar-refractivity contribution in [3.63, 3.8) is 0 Å². The van der Waals surface area contributed by atoms with Gasteiger partial charge in [0.15, 0.2) is 6.17 Å². The fraction of sp³-hybridized carbons (Fsp3) is 0.500. The van der Waals surface area contributed by atoms with E-state index in [0.29, 0.717) is 0 Å². The van der Waals surface area contributed by atoms with Gasteiger partial charge in [-0.2, -0.15) is 0 Å². The van der Waals surface area contributed by atoms with Crippen molar-refractivity contribution in [3.05, 3.63) is 0 Å². The van der Waals surface area contributed by atoms with Crippen molar-refractivity contribution in [2.45, 2.75) is 6.17 Å². The lowest BCUT2D eigenvalue weighted by atomic mass is 10.5. The predicted molar refractivity (Wildman–Crippen MR) is 19.7 cm³/mol. The lowest BCUT2D eigenvalue weighted by Gasteiger charge is -1.83. The molecule has 1 atom stereocenters. The van der Waals surface area contributed by atoms with Gasteiger partial charge in [0.2, 0.25) is 0 Å². The summed E-state index contributed by atoms with van der Waals surface area (Å²) in [5, 5.41) is 0. The molecule has 0 bridgehead atoms. The zero-order valence-electron chi connectivity index (χ0n) is 3.12. The van der Waals surface area contributed by atoms with E-state index < -0.39 is 12.8 Å². The third kappa shape index (κ3) is 1.71. The summed E-state index contributed by atoms with van der Waals surface area (Å²) < 4.78 is 22.1. The van der Waals surface area contributed by atoms with Gasteiger partial charge in [-0.3, -0.25) is 0 Å². The molecule has 34 valence electrons. The smallest absolute Gasteiger partial charge is 0.188 e. The van der Waals surface area contributed by atoms with E-state index in [1.807, 2.05) is 0 Å². The van der Waals surface area contributed by atoms with Gasteiger partial charge in [-0.25, -0.2) is 8.78 Å². The summed E-state index contributed by atoms with van der Waals surface area (Å²) in [6.45, 7) is -1.07. The van der Waals surface area contributed by atoms with Crippen LogP contribution in [0.15, 0.2) is 0 Å². The molecule has 0 heterocycles. The van der Waals surface area contributed by atoms with Crippen LogP contribution in [0.5, 0.6) is 0 Å². The van der Waals surface area contributed by atoms with E-state index in [4.69, 9.17) is 0 Å². The Morgan fingerprint density at radius 2 is 2.33 bits per heavy atom. The average Bonchev–Trinajstić information content (AvgIpc) is 1.65. The Labute approximate surface area is 35.2 Å². The molecular formula is C4H4F2. The zero-order valence-corrected chi connectivity index (χ0v) is 3.12. The number of rotatable bonds is 1. The first-order chi connectivity index (χ1) is 2.81. The van der Waals surface area contributed by atoms with Crippen LogP contribution < -0.4 is 0 Å². The summed E-state index contributed by atoms with van der Waals surface area (Å²) in [4.78, 5) is 0. The number of halogens is 2. The van der Waals surface area contributed by atoms with Crippen LogP contribution in [0, 0.1) is 12.3 Å². The molecule has 0 aromatic carbocycles. The molecule has 6 heavy (non-hydrogen) atoms. The van der Waals surface area contributed by atoms with Crippen LogP contribution in [0.1, 0.15) is 0 Å². The zero-order chi connectivity index (χ0) is 4.99. The molecule has 0 aromatic heterocycles. The maximum atomic E-state index is 11.2. The first-order valence-electron chi connectivity index (χ1n) is 1.47. The molecule has 0 amide bonds. The second kappa shape index (κ2) is 2.65. The minimum absolute atomic E-state index is 1.07. The molecule has 0 aliphatic rings. The van der Waals surface area contributed by atoms with Crippen molar-refractivity contribution in [1.82, 2.24) is 0 Å². The van der Waals surface area contributed by atoms with E-state index in [0.717, 1.165) is 0 Å². The Morgan fingerprint density at radius 3 is 2.33 bits per heavy atom. The molecule has 0 nitrogen and oxygen atoms in total. The average molecular weight is 90.1 g/mol. The van der Waals surface area contributed by atoms with E-state index >= 15 is 0 Å². The summed E-state index contributed by atoms with van der Waals surface area (Å²) in [5.74, 6) is 1.57. The van der Waals surface area contributed by atoms with Gasteiger partial charge in [0.1, 0.15) is 6.67 Å². The number of alkyl halides is 2. The van der Waals surface area contributed by atoms with E-state index in [1.54, 1.807) is 5.92 Å². The van der Waals surface area contributed by atoms with Crippen LogP contribution in [-0.2, 0) is 0 Å². The highest BCUT2D eigenvalue weighted by Crippen LogP contribution is 1.85. The van der Waals surface area contributed by atoms with Gasteiger partial charge in [-0.1, -0.05) is 5.92 Å². The van der Waals surface area contributed by atoms with Gasteiger partial charge in [0.25, 0.3) is 0 Å². The van der Waals surface area contributed by atoms with Gasteiger partial charge in [0, 0.05) is 0 Å². The van der Waals surface area contributed by atoms with Crippen molar-refractivity contribution in [2.75, 3.05) is 6.67 Å². The molecule has 0 N–H and O–H groups in total. The van der Waals surface area contributed by atoms with Crippen LogP contribution >= 0.6 is 0 Å². The largest absolute Gasteiger partial charge is 0.247 e. The summed E-state index contributed by atoms with van der Waals surface area (Å²) in [6, 6.07) is 0. The molecule has 2 heteroatoms. The quantitative estimate of drug-likeness (QED) is 0.420. The Morgan fingerprint density at radius 1 is 1.83 bits per heavy atom. The summed E-state index contributed by atoms with van der Waals surface area (Å²) in [7, 11) is 0. The van der Waals surface area contributed by atoms with Crippen molar-refractivity contribution < 1.29 is 8.78 Å². The monoisotopic (exact) mass is 90.0 g/mol. The molecule has 0 spiro atoms. The Hall–Kier alpha value is -0.580. The summed E-state index contributed by atoms with van der Waals surface area (Å²) in [5.41, 5.74) is 0. The molecular weight excluding hydrogens is 86.0 g/mol. The minimum atomic E-state index is -1.70. The molecule has 0 fully saturated rings. The predicted octanol–water partition coefficient (Wildman–Crippen LogP) is 0.927. The SMILES string of the molecule is C#CC(F)CF. The number of terminal acetylenes is 1. The van der Waals surface area contributed by atoms with Gasteiger partial charge >= 0.3 is 0 Å². The van der Waals surface area contributed by atoms with E-state index in [-0.39, 0.29) is 0 Å². The maximum absolute atomic E-state index is 11.2. The molecule has 0 rings (SSSR count). The topological polar surface area (TPSA) is 0 Å². The van der Waals surface area contributed by atoms with Crippen molar-refractivity contribution in [2.24, 2.45) is 0 Å². The van der Waals surface area contributed by atoms with Crippen LogP contribution in [0.4, 0.5) is 8.78 Å². The number of hydrogen-bond acceptors (Lipinski definition) is 0. The lowest BCUT2D eigenvalue weighted by molar-refractivity contribution is 0.319. The third-order valence-corrected chi connectivity index (χ3v) is 0.316. The first kappa shape index (κ1) is 5.42. The molecule has 0 aliphatic carbocycles. The van der Waals surface area contributed by atoms with Crippen LogP contribution in [0.3, 0.4) is 0 Å². The highest BCUT2D eigenvalue weighted by Gasteiger charge is 1.94. The second-order valence-corrected chi connectivity index (χ2v) is 0.789. The summed E-state index contributed by atoms with van der Waals surface area (Å²) >= 11 is 0. The van der Waals surface area contributed by atoms with Gasteiger partial charge in [0.05, 0.1) is 0 Å². The van der Waals surface area contributed by atoms with Gasteiger partial charge in [-0.05, 0) is 0 Å². The summed E-state index contributed by atoms with van der Waals surface area (Å²) in [6.07, 6.45) is 2.71. The second-order valence-electron chi connectivity index (χ2n) is 0.789. The highest BCUT2D eigenvalue weighted by atomic mass is 19.2. The third-order valence-electron chi connectivity index (χ3n) is 0.316. The van der Waals surface area contributed by atoms with Crippen molar-refractivity contribution >= 4 is 0 Å². The van der Waals surface area contributed by atoms with E-state index in [1.165, 1.54) is 0 Å². The van der Waals surface area contributed by atoms with Gasteiger partial charge in [-0.15, -0.1) is 6.42 Å². The minimum Gasteiger partial charge on any atom is -0.247 e. The van der Waals surface area contributed by atoms with E-state index in [2.05, 4.69) is 6.42 Å². The number of hydrogen-bond donors (Lipinski definition) is 0. The Bertz CT molecular complexity index is 62.4. The normalized spacial score (nSPS) is 12.8. The maximum Gasteiger partial charge on any atom is 0.188 e. The van der Waals surface area contributed by atoms with Crippen LogP contribution in [0.2, 0.25) is 0 Å². The molecule has 0 radical (unpaired) electrons. The molecule has 0 saturated heterocycles. The fourth-order valence-corrected chi connectivity index (χ4v) is 0.0445. The first-order valence-corrected chi connectivity index (χ1v) is 1.47. The Balaban J connectivity index is 3.04. The molecule has 0 aromatic rings. The Kier molecular flexibility index (Phi) is 2.39. The fourth-order valence-electron chi connectivity index (χ4n) is 0.0445. The molecule has 0 aliphatic heterocycles. The van der Waals surface area contributed by atoms with Gasteiger partial charge < -0.3 is 0 Å². The van der Waals surface area contributed by atoms with Crippen LogP contribution in [-0.4, -0.2) is 12.8 Å². The van der Waals surface area contributed by atoms with Crippen molar-refractivity contribution in [1.29, 1.82) is 0 Å². The van der Waals surface area contributed by atoms with E-state index in [9.17, 15) is 8.78 Å². The van der Waals surface area contributed by atoms with Crippen LogP contribution in [0.25, 0.3) is 0 Å². The molecule has 1 unspecified atom stereocenters. The lowest BCUT2D eigenvalue weighted by Crippen LogP contribution is -1.95. The highest BCUT2D eigenvalue weighted by molar-refractivity contribution is 4.92. The standard InChI is InChI=1S/C4H4F2/c1-2-4(6)3-5/h1,4H,3H2. The molecule has 0 saturated carbocycles. The van der Waals surface area contributed by atoms with Crippen molar-refractivity contribution in [3.8, 4) is 12.3 Å².